The summed E-state index contributed by atoms with van der Waals surface area (Å²) < 4.78 is 13.5. The number of ether oxygens (including phenoxy) is 2. The van der Waals surface area contributed by atoms with Crippen LogP contribution < -0.4 is 9.64 Å². The van der Waals surface area contributed by atoms with Gasteiger partial charge >= 0.3 is 5.97 Å². The molecule has 2 spiro atoms. The molecule has 3 heterocycles. The molecule has 2 aromatic rings. The third kappa shape index (κ3) is 6.47. The van der Waals surface area contributed by atoms with Crippen LogP contribution in [0.1, 0.15) is 74.5 Å². The first-order valence-electron chi connectivity index (χ1n) is 19.1. The molecule has 2 saturated carbocycles. The zero-order chi connectivity index (χ0) is 35.4. The number of halogens is 1. The van der Waals surface area contributed by atoms with Gasteiger partial charge in [-0.25, -0.2) is 4.79 Å². The van der Waals surface area contributed by atoms with Crippen LogP contribution in [0.2, 0.25) is 5.02 Å². The lowest BCUT2D eigenvalue weighted by Gasteiger charge is -2.46. The van der Waals surface area contributed by atoms with E-state index < -0.39 is 23.9 Å². The van der Waals surface area contributed by atoms with Crippen LogP contribution in [-0.2, 0) is 31.8 Å². The predicted octanol–water partition coefficient (Wildman–Crippen LogP) is 5.79. The number of aliphatic hydroxyl groups is 1. The summed E-state index contributed by atoms with van der Waals surface area (Å²) in [5.41, 5.74) is 0.902. The largest absolute Gasteiger partial charge is 0.490 e. The molecule has 2 unspecified atom stereocenters. The Labute approximate surface area is 306 Å². The highest BCUT2D eigenvalue weighted by molar-refractivity contribution is 6.30. The molecule has 6 aliphatic rings. The van der Waals surface area contributed by atoms with E-state index in [4.69, 9.17) is 21.1 Å². The highest BCUT2D eigenvalue weighted by Crippen LogP contribution is 2.73. The lowest BCUT2D eigenvalue weighted by Crippen LogP contribution is -2.51. The minimum atomic E-state index is -2.39. The normalized spacial score (nSPS) is 34.3. The second-order valence-electron chi connectivity index (χ2n) is 16.4. The maximum absolute atomic E-state index is 13.4. The van der Waals surface area contributed by atoms with Crippen molar-refractivity contribution in [1.82, 2.24) is 9.80 Å². The molecule has 2 N–H and O–H groups in total. The minimum Gasteiger partial charge on any atom is -0.490 e. The Morgan fingerprint density at radius 3 is 2.71 bits per heavy atom. The Balaban J connectivity index is 1.18. The Morgan fingerprint density at radius 1 is 1.08 bits per heavy atom. The van der Waals surface area contributed by atoms with E-state index >= 15 is 0 Å². The van der Waals surface area contributed by atoms with E-state index in [1.807, 2.05) is 6.07 Å². The third-order valence-electron chi connectivity index (χ3n) is 13.3. The van der Waals surface area contributed by atoms with Gasteiger partial charge in [0.25, 0.3) is 0 Å². The van der Waals surface area contributed by atoms with E-state index in [0.29, 0.717) is 50.3 Å². The van der Waals surface area contributed by atoms with Gasteiger partial charge in [-0.2, -0.15) is 0 Å². The maximum Gasteiger partial charge on any atom is 0.340 e. The van der Waals surface area contributed by atoms with Gasteiger partial charge in [-0.1, -0.05) is 42.3 Å². The van der Waals surface area contributed by atoms with Crippen LogP contribution in [0, 0.1) is 17.3 Å². The van der Waals surface area contributed by atoms with Gasteiger partial charge in [0.15, 0.2) is 5.60 Å². The fraction of sp³-hybridized carbons (Fsp3) is 0.610. The van der Waals surface area contributed by atoms with Gasteiger partial charge in [-0.3, -0.25) is 4.79 Å². The van der Waals surface area contributed by atoms with Crippen molar-refractivity contribution in [2.75, 3.05) is 64.4 Å². The van der Waals surface area contributed by atoms with Crippen molar-refractivity contribution >= 4 is 29.2 Å². The number of aryl methyl sites for hydroxylation is 1. The second-order valence-corrected chi connectivity index (χ2v) is 16.8. The molecule has 1 amide bonds. The number of fused-ring (bicyclic) bond motifs is 3. The molecule has 3 aliphatic carbocycles. The van der Waals surface area contributed by atoms with Crippen LogP contribution in [0.15, 0.2) is 48.6 Å². The van der Waals surface area contributed by atoms with Crippen LogP contribution in [0.25, 0.3) is 0 Å². The molecule has 9 nitrogen and oxygen atoms in total. The second kappa shape index (κ2) is 13.7. The van der Waals surface area contributed by atoms with Crippen molar-refractivity contribution in [3.05, 3.63) is 70.3 Å². The maximum atomic E-state index is 13.4. The van der Waals surface area contributed by atoms with E-state index in [-0.39, 0.29) is 22.5 Å². The van der Waals surface area contributed by atoms with Crippen LogP contribution in [0.4, 0.5) is 5.69 Å². The first-order chi connectivity index (χ1) is 24.6. The minimum absolute atomic E-state index is 0.0138. The number of likely N-dealkylation sites (tertiary alicyclic amines) is 1. The summed E-state index contributed by atoms with van der Waals surface area (Å²) in [7, 11) is 1.67. The first-order valence-corrected chi connectivity index (χ1v) is 19.5. The number of hydrogen-bond acceptors (Lipinski definition) is 7. The summed E-state index contributed by atoms with van der Waals surface area (Å²) in [5.74, 6) is -0.217. The number of aliphatic carboxylic acids is 1. The van der Waals surface area contributed by atoms with E-state index in [9.17, 15) is 19.8 Å². The predicted molar refractivity (Wildman–Crippen MR) is 196 cm³/mol. The molecule has 3 fully saturated rings. The Hall–Kier alpha value is -3.11. The summed E-state index contributed by atoms with van der Waals surface area (Å²) in [5, 5.41) is 22.9. The zero-order valence-corrected chi connectivity index (χ0v) is 30.6. The summed E-state index contributed by atoms with van der Waals surface area (Å²) in [6, 6.07) is 11.4. The van der Waals surface area contributed by atoms with E-state index in [2.05, 4.69) is 34.1 Å². The Kier molecular flexibility index (Phi) is 9.39. The number of carboxylic acids is 1. The van der Waals surface area contributed by atoms with Crippen molar-refractivity contribution in [3.63, 3.8) is 0 Å². The lowest BCUT2D eigenvalue weighted by atomic mass is 9.68. The molecule has 3 aliphatic heterocycles. The number of hydrogen-bond donors (Lipinski definition) is 2. The number of rotatable bonds is 5. The number of carboxylic acid groups (broad SMARTS) is 1. The number of piperidine rings is 1. The number of amides is 1. The lowest BCUT2D eigenvalue weighted by molar-refractivity contribution is -0.164. The molecule has 0 radical (unpaired) electrons. The molecule has 8 rings (SSSR count). The zero-order valence-electron chi connectivity index (χ0n) is 29.8. The smallest absolute Gasteiger partial charge is 0.340 e. The van der Waals surface area contributed by atoms with Gasteiger partial charge < -0.3 is 34.4 Å². The number of anilines is 1. The van der Waals surface area contributed by atoms with Crippen molar-refractivity contribution in [2.45, 2.75) is 81.3 Å². The van der Waals surface area contributed by atoms with Crippen LogP contribution in [-0.4, -0.2) is 97.5 Å². The molecule has 2 aromatic carbocycles. The third-order valence-corrected chi connectivity index (χ3v) is 13.5. The van der Waals surface area contributed by atoms with Gasteiger partial charge in [0.1, 0.15) is 5.75 Å². The fourth-order valence-electron chi connectivity index (χ4n) is 10.1. The molecular weight excluding hydrogens is 666 g/mol. The van der Waals surface area contributed by atoms with Gasteiger partial charge in [0.2, 0.25) is 5.91 Å². The number of carbonyl (C=O) groups is 2. The Morgan fingerprint density at radius 2 is 1.92 bits per heavy atom. The number of nitrogens with zero attached hydrogens (tertiary/aromatic N) is 3. The van der Waals surface area contributed by atoms with Gasteiger partial charge in [0.05, 0.1) is 31.4 Å². The van der Waals surface area contributed by atoms with Gasteiger partial charge in [0, 0.05) is 43.7 Å². The van der Waals surface area contributed by atoms with E-state index in [0.717, 1.165) is 69.0 Å². The number of benzene rings is 2. The molecule has 0 aromatic heterocycles. The number of carbonyl (C=O) groups excluding carboxylic acids is 1. The van der Waals surface area contributed by atoms with Crippen molar-refractivity contribution in [1.29, 1.82) is 0 Å². The quantitative estimate of drug-likeness (QED) is 0.375. The summed E-state index contributed by atoms with van der Waals surface area (Å²) >= 11 is 6.49. The Bertz CT molecular complexity index is 1700. The van der Waals surface area contributed by atoms with Gasteiger partial charge in [-0.05, 0) is 123 Å². The average Bonchev–Trinajstić information content (AvgIpc) is 3.73. The van der Waals surface area contributed by atoms with Crippen LogP contribution in [0.5, 0.6) is 5.75 Å². The molecular formula is C41H52ClN3O6. The summed E-state index contributed by atoms with van der Waals surface area (Å²) in [6.45, 7) is 6.33. The van der Waals surface area contributed by atoms with Crippen LogP contribution in [0.3, 0.4) is 0 Å². The van der Waals surface area contributed by atoms with E-state index in [1.54, 1.807) is 25.2 Å². The average molecular weight is 718 g/mol. The standard InChI is InChI=1S/C41H52ClN3O6/c1-43-15-6-3-9-35(50-19-18-44-16-4-2-5-17-44)33-21-30-23-40(30,33)26-45-25-39(14-7-8-28-20-31(42)11-12-32(28)39)27-51-36-13-10-29(22-34(36)45)41(49,38(47)48)24-37(43)46/h3,9-13,20,22,30,33,35,49H,2,4-8,14-19,21,23-27H2,1H3,(H,47,48)/b9-3+/t30?,33-,35-,39-,40?,41+/m0/s1. The highest BCUT2D eigenvalue weighted by atomic mass is 35.5. The molecule has 51 heavy (non-hydrogen) atoms. The molecule has 1 saturated heterocycles. The van der Waals surface area contributed by atoms with Crippen molar-refractivity contribution in [3.8, 4) is 5.75 Å². The van der Waals surface area contributed by atoms with E-state index in [1.165, 1.54) is 35.3 Å². The monoisotopic (exact) mass is 717 g/mol. The van der Waals surface area contributed by atoms with Crippen molar-refractivity contribution in [2.24, 2.45) is 17.3 Å². The molecule has 274 valence electrons. The van der Waals surface area contributed by atoms with Gasteiger partial charge in [-0.15, -0.1) is 0 Å². The summed E-state index contributed by atoms with van der Waals surface area (Å²) in [4.78, 5) is 32.7. The highest BCUT2D eigenvalue weighted by Gasteiger charge is 2.69. The first kappa shape index (κ1) is 34.9. The summed E-state index contributed by atoms with van der Waals surface area (Å²) in [6.07, 6.45) is 13.5. The SMILES string of the molecule is CN1CC/C=C/[C@H](OCCN2CCCCC2)[C@@H]2CC3CC32CN2C[C@@]3(CCCc4cc(Cl)ccc43)COc3ccc(cc32)[C@@](O)(C(=O)O)CC1=O. The molecule has 10 heteroatoms. The molecule has 2 bridgehead atoms. The van der Waals surface area contributed by atoms with Crippen molar-refractivity contribution < 1.29 is 29.3 Å². The van der Waals surface area contributed by atoms with Crippen LogP contribution >= 0.6 is 11.6 Å². The fourth-order valence-corrected chi connectivity index (χ4v) is 10.3. The molecule has 6 atom stereocenters. The topological polar surface area (TPSA) is 103 Å².